The summed E-state index contributed by atoms with van der Waals surface area (Å²) in [6, 6.07) is 0.633. The lowest BCUT2D eigenvalue weighted by molar-refractivity contribution is 0.127. The summed E-state index contributed by atoms with van der Waals surface area (Å²) in [5.41, 5.74) is 0. The number of nitrogens with one attached hydrogen (secondary N) is 1. The summed E-state index contributed by atoms with van der Waals surface area (Å²) in [4.78, 5) is 0. The zero-order valence-corrected chi connectivity index (χ0v) is 6.21. The minimum Gasteiger partial charge on any atom is -0.315 e. The molecule has 58 valence electrons. The number of hydrogen-bond donors (Lipinski definition) is 2. The van der Waals surface area contributed by atoms with Crippen molar-refractivity contribution in [2.24, 2.45) is 11.8 Å². The summed E-state index contributed by atoms with van der Waals surface area (Å²) in [6.07, 6.45) is 2.64. The van der Waals surface area contributed by atoms with Crippen molar-refractivity contribution < 1.29 is 0 Å². The standard InChI is InChI=1S/C7H15N3/c8-10-3-1-2-6-4-9-5-7(6)10/h6-7,9H,1-5,8H2/t6-,7+/m1/s1. The van der Waals surface area contributed by atoms with Crippen LogP contribution in [0.25, 0.3) is 0 Å². The first kappa shape index (κ1) is 6.58. The molecule has 0 saturated carbocycles. The monoisotopic (exact) mass is 141 g/mol. The van der Waals surface area contributed by atoms with Gasteiger partial charge in [0.1, 0.15) is 0 Å². The van der Waals surface area contributed by atoms with Crippen LogP contribution in [0.2, 0.25) is 0 Å². The molecule has 3 nitrogen and oxygen atoms in total. The second-order valence-electron chi connectivity index (χ2n) is 3.37. The Bertz CT molecular complexity index is 126. The maximum atomic E-state index is 5.81. The molecule has 10 heavy (non-hydrogen) atoms. The topological polar surface area (TPSA) is 41.3 Å². The van der Waals surface area contributed by atoms with Gasteiger partial charge in [0.15, 0.2) is 0 Å². The van der Waals surface area contributed by atoms with E-state index < -0.39 is 0 Å². The van der Waals surface area contributed by atoms with Gasteiger partial charge in [-0.3, -0.25) is 5.84 Å². The number of hydrogen-bond acceptors (Lipinski definition) is 3. The average molecular weight is 141 g/mol. The van der Waals surface area contributed by atoms with Gasteiger partial charge in [0.2, 0.25) is 0 Å². The Kier molecular flexibility index (Phi) is 1.64. The van der Waals surface area contributed by atoms with Crippen molar-refractivity contribution in [3.05, 3.63) is 0 Å². The Morgan fingerprint density at radius 3 is 3.10 bits per heavy atom. The molecule has 2 aliphatic heterocycles. The Labute approximate surface area is 61.5 Å². The normalized spacial score (nSPS) is 41.7. The van der Waals surface area contributed by atoms with Crippen molar-refractivity contribution in [3.8, 4) is 0 Å². The van der Waals surface area contributed by atoms with Crippen LogP contribution in [0, 0.1) is 5.92 Å². The Morgan fingerprint density at radius 1 is 1.40 bits per heavy atom. The van der Waals surface area contributed by atoms with E-state index in [2.05, 4.69) is 5.32 Å². The predicted octanol–water partition coefficient (Wildman–Crippen LogP) is -0.456. The van der Waals surface area contributed by atoms with Crippen LogP contribution >= 0.6 is 0 Å². The van der Waals surface area contributed by atoms with Crippen molar-refractivity contribution in [1.29, 1.82) is 0 Å². The number of piperidine rings is 1. The van der Waals surface area contributed by atoms with E-state index in [0.29, 0.717) is 6.04 Å². The number of nitrogens with zero attached hydrogens (tertiary/aromatic N) is 1. The zero-order valence-electron chi connectivity index (χ0n) is 6.21. The first-order chi connectivity index (χ1) is 4.88. The molecule has 0 bridgehead atoms. The maximum Gasteiger partial charge on any atom is 0.0406 e. The van der Waals surface area contributed by atoms with Gasteiger partial charge in [0.25, 0.3) is 0 Å². The second kappa shape index (κ2) is 2.49. The summed E-state index contributed by atoms with van der Waals surface area (Å²) in [6.45, 7) is 3.36. The molecule has 2 atom stereocenters. The molecule has 2 fully saturated rings. The van der Waals surface area contributed by atoms with Crippen LogP contribution in [0.4, 0.5) is 0 Å². The van der Waals surface area contributed by atoms with E-state index in [1.54, 1.807) is 0 Å². The minimum atomic E-state index is 0.633. The molecule has 0 aromatic carbocycles. The highest BCUT2D eigenvalue weighted by atomic mass is 15.4. The van der Waals surface area contributed by atoms with Crippen LogP contribution in [-0.2, 0) is 0 Å². The van der Waals surface area contributed by atoms with Crippen molar-refractivity contribution in [1.82, 2.24) is 10.3 Å². The fourth-order valence-electron chi connectivity index (χ4n) is 2.10. The van der Waals surface area contributed by atoms with Crippen LogP contribution in [0.3, 0.4) is 0 Å². The van der Waals surface area contributed by atoms with Gasteiger partial charge in [-0.25, -0.2) is 5.01 Å². The fraction of sp³-hybridized carbons (Fsp3) is 1.00. The lowest BCUT2D eigenvalue weighted by atomic mass is 9.94. The second-order valence-corrected chi connectivity index (χ2v) is 3.37. The van der Waals surface area contributed by atoms with Gasteiger partial charge in [-0.2, -0.15) is 0 Å². The largest absolute Gasteiger partial charge is 0.315 e. The van der Waals surface area contributed by atoms with Gasteiger partial charge in [-0.15, -0.1) is 0 Å². The average Bonchev–Trinajstić information content (AvgIpc) is 2.36. The van der Waals surface area contributed by atoms with E-state index in [4.69, 9.17) is 5.84 Å². The molecular formula is C7H15N3. The molecule has 0 aliphatic carbocycles. The van der Waals surface area contributed by atoms with E-state index >= 15 is 0 Å². The van der Waals surface area contributed by atoms with Crippen LogP contribution < -0.4 is 11.2 Å². The van der Waals surface area contributed by atoms with Crippen LogP contribution in [0.1, 0.15) is 12.8 Å². The molecule has 0 unspecified atom stereocenters. The maximum absolute atomic E-state index is 5.81. The first-order valence-electron chi connectivity index (χ1n) is 4.10. The lowest BCUT2D eigenvalue weighted by Gasteiger charge is -2.33. The highest BCUT2D eigenvalue weighted by Crippen LogP contribution is 2.23. The van der Waals surface area contributed by atoms with Gasteiger partial charge in [-0.05, 0) is 25.3 Å². The van der Waals surface area contributed by atoms with E-state index in [1.807, 2.05) is 5.01 Å². The molecule has 0 aromatic heterocycles. The van der Waals surface area contributed by atoms with Gasteiger partial charge < -0.3 is 5.32 Å². The number of hydrazine groups is 1. The van der Waals surface area contributed by atoms with Gasteiger partial charge in [0.05, 0.1) is 0 Å². The Morgan fingerprint density at radius 2 is 2.30 bits per heavy atom. The summed E-state index contributed by atoms with van der Waals surface area (Å²) >= 11 is 0. The van der Waals surface area contributed by atoms with Crippen molar-refractivity contribution in [2.45, 2.75) is 18.9 Å². The summed E-state index contributed by atoms with van der Waals surface area (Å²) < 4.78 is 0. The van der Waals surface area contributed by atoms with Crippen LogP contribution in [0.15, 0.2) is 0 Å². The minimum absolute atomic E-state index is 0.633. The molecule has 2 saturated heterocycles. The molecular weight excluding hydrogens is 126 g/mol. The molecule has 3 N–H and O–H groups in total. The Balaban J connectivity index is 2.03. The summed E-state index contributed by atoms with van der Waals surface area (Å²) in [5, 5.41) is 5.38. The fourth-order valence-corrected chi connectivity index (χ4v) is 2.10. The van der Waals surface area contributed by atoms with Crippen molar-refractivity contribution >= 4 is 0 Å². The SMILES string of the molecule is NN1CCC[C@@H]2CNC[C@@H]21. The third kappa shape index (κ3) is 0.944. The molecule has 2 rings (SSSR count). The first-order valence-corrected chi connectivity index (χ1v) is 4.10. The third-order valence-corrected chi connectivity index (χ3v) is 2.72. The summed E-state index contributed by atoms with van der Waals surface area (Å²) in [5.74, 6) is 6.65. The molecule has 2 heterocycles. The van der Waals surface area contributed by atoms with Crippen molar-refractivity contribution in [2.75, 3.05) is 19.6 Å². The Hall–Kier alpha value is -0.120. The molecule has 0 amide bonds. The molecule has 3 heteroatoms. The molecule has 2 aliphatic rings. The molecule has 0 radical (unpaired) electrons. The highest BCUT2D eigenvalue weighted by Gasteiger charge is 2.33. The van der Waals surface area contributed by atoms with E-state index in [1.165, 1.54) is 19.4 Å². The number of rotatable bonds is 0. The van der Waals surface area contributed by atoms with E-state index in [0.717, 1.165) is 19.0 Å². The van der Waals surface area contributed by atoms with Gasteiger partial charge in [-0.1, -0.05) is 0 Å². The van der Waals surface area contributed by atoms with Gasteiger partial charge in [0, 0.05) is 19.1 Å². The van der Waals surface area contributed by atoms with E-state index in [-0.39, 0.29) is 0 Å². The number of nitrogens with two attached hydrogens (primary N) is 1. The van der Waals surface area contributed by atoms with Crippen LogP contribution in [0.5, 0.6) is 0 Å². The summed E-state index contributed by atoms with van der Waals surface area (Å²) in [7, 11) is 0. The third-order valence-electron chi connectivity index (χ3n) is 2.72. The lowest BCUT2D eigenvalue weighted by Crippen LogP contribution is -2.49. The smallest absolute Gasteiger partial charge is 0.0406 e. The zero-order chi connectivity index (χ0) is 6.97. The van der Waals surface area contributed by atoms with Crippen molar-refractivity contribution in [3.63, 3.8) is 0 Å². The quantitative estimate of drug-likeness (QED) is 0.449. The molecule has 0 spiro atoms. The van der Waals surface area contributed by atoms with E-state index in [9.17, 15) is 0 Å². The predicted molar refractivity (Wildman–Crippen MR) is 40.3 cm³/mol. The molecule has 0 aromatic rings. The van der Waals surface area contributed by atoms with Gasteiger partial charge >= 0.3 is 0 Å². The van der Waals surface area contributed by atoms with Crippen LogP contribution in [-0.4, -0.2) is 30.7 Å². The number of fused-ring (bicyclic) bond motifs is 1. The highest BCUT2D eigenvalue weighted by molar-refractivity contribution is 4.89.